The summed E-state index contributed by atoms with van der Waals surface area (Å²) >= 11 is 0. The molecule has 4 heteroatoms. The van der Waals surface area contributed by atoms with E-state index in [0.29, 0.717) is 6.54 Å². The molecule has 2 aromatic carbocycles. The smallest absolute Gasteiger partial charge is 0.141 e. The Morgan fingerprint density at radius 2 is 1.83 bits per heavy atom. The van der Waals surface area contributed by atoms with E-state index in [2.05, 4.69) is 36.6 Å². The number of hydrogen-bond donors (Lipinski definition) is 1. The summed E-state index contributed by atoms with van der Waals surface area (Å²) in [6, 6.07) is 12.6. The second kappa shape index (κ2) is 6.01. The zero-order valence-electron chi connectivity index (χ0n) is 14.6. The van der Waals surface area contributed by atoms with E-state index in [4.69, 9.17) is 10.7 Å². The van der Waals surface area contributed by atoms with Crippen molar-refractivity contribution in [1.29, 1.82) is 5.26 Å². The molecule has 0 aliphatic carbocycles. The van der Waals surface area contributed by atoms with Gasteiger partial charge in [0.05, 0.1) is 23.0 Å². The van der Waals surface area contributed by atoms with Crippen LogP contribution in [0.25, 0.3) is 22.4 Å². The van der Waals surface area contributed by atoms with Gasteiger partial charge in [-0.1, -0.05) is 12.1 Å². The van der Waals surface area contributed by atoms with E-state index < -0.39 is 0 Å². The maximum absolute atomic E-state index is 9.24. The molecule has 1 aromatic heterocycles. The molecule has 4 nitrogen and oxygen atoms in total. The molecule has 0 radical (unpaired) electrons. The molecular weight excluding hydrogens is 296 g/mol. The zero-order valence-corrected chi connectivity index (χ0v) is 14.6. The fourth-order valence-corrected chi connectivity index (χ4v) is 2.88. The standard InChI is InChI=1S/C20H22N4/c1-12(10-21)11-24-19-8-15(4)14(3)7-18(19)23-20(24)16-6-5-13(2)17(22)9-16/h5-9,12H,11,22H2,1-4H3. The Morgan fingerprint density at radius 1 is 1.12 bits per heavy atom. The number of rotatable bonds is 3. The van der Waals surface area contributed by atoms with Gasteiger partial charge in [0.15, 0.2) is 0 Å². The number of nitrogen functional groups attached to an aromatic ring is 1. The molecular formula is C20H22N4. The fraction of sp³-hybridized carbons (Fsp3) is 0.300. The fourth-order valence-electron chi connectivity index (χ4n) is 2.88. The maximum Gasteiger partial charge on any atom is 0.141 e. The number of hydrogen-bond acceptors (Lipinski definition) is 3. The van der Waals surface area contributed by atoms with Gasteiger partial charge >= 0.3 is 0 Å². The molecule has 0 saturated heterocycles. The summed E-state index contributed by atoms with van der Waals surface area (Å²) in [4.78, 5) is 4.84. The zero-order chi connectivity index (χ0) is 17.4. The Labute approximate surface area is 142 Å². The number of nitrogens with zero attached hydrogens (tertiary/aromatic N) is 3. The topological polar surface area (TPSA) is 67.6 Å². The monoisotopic (exact) mass is 318 g/mol. The van der Waals surface area contributed by atoms with Crippen LogP contribution in [0.1, 0.15) is 23.6 Å². The number of aromatic nitrogens is 2. The lowest BCUT2D eigenvalue weighted by atomic mass is 10.1. The van der Waals surface area contributed by atoms with Crippen LogP contribution in [0.2, 0.25) is 0 Å². The van der Waals surface area contributed by atoms with Crippen molar-refractivity contribution in [2.75, 3.05) is 5.73 Å². The number of anilines is 1. The maximum atomic E-state index is 9.24. The molecule has 1 unspecified atom stereocenters. The van der Waals surface area contributed by atoms with Crippen molar-refractivity contribution in [2.24, 2.45) is 5.92 Å². The van der Waals surface area contributed by atoms with Crippen LogP contribution in [0.15, 0.2) is 30.3 Å². The average Bonchev–Trinajstić information content (AvgIpc) is 2.88. The minimum absolute atomic E-state index is 0.0921. The number of nitriles is 1. The molecule has 1 atom stereocenters. The van der Waals surface area contributed by atoms with Crippen LogP contribution in [0.3, 0.4) is 0 Å². The first kappa shape index (κ1) is 16.1. The molecule has 3 aromatic rings. The van der Waals surface area contributed by atoms with Gasteiger partial charge in [-0.2, -0.15) is 5.26 Å². The van der Waals surface area contributed by atoms with Gasteiger partial charge in [0, 0.05) is 17.8 Å². The summed E-state index contributed by atoms with van der Waals surface area (Å²) in [5.41, 5.74) is 13.3. The molecule has 0 bridgehead atoms. The van der Waals surface area contributed by atoms with E-state index in [1.165, 1.54) is 11.1 Å². The number of imidazole rings is 1. The van der Waals surface area contributed by atoms with Crippen LogP contribution < -0.4 is 5.73 Å². The highest BCUT2D eigenvalue weighted by Crippen LogP contribution is 2.29. The van der Waals surface area contributed by atoms with Gasteiger partial charge in [0.25, 0.3) is 0 Å². The van der Waals surface area contributed by atoms with Crippen molar-refractivity contribution >= 4 is 16.7 Å². The van der Waals surface area contributed by atoms with Gasteiger partial charge in [-0.15, -0.1) is 0 Å². The summed E-state index contributed by atoms with van der Waals surface area (Å²) in [5, 5.41) is 9.24. The highest BCUT2D eigenvalue weighted by atomic mass is 15.1. The molecule has 3 rings (SSSR count). The van der Waals surface area contributed by atoms with E-state index in [9.17, 15) is 5.26 Å². The number of benzene rings is 2. The van der Waals surface area contributed by atoms with Crippen molar-refractivity contribution in [3.8, 4) is 17.5 Å². The predicted molar refractivity (Wildman–Crippen MR) is 98.6 cm³/mol. The first-order valence-electron chi connectivity index (χ1n) is 8.14. The Balaban J connectivity index is 2.27. The lowest BCUT2D eigenvalue weighted by Gasteiger charge is -2.12. The molecule has 0 amide bonds. The number of nitrogens with two attached hydrogens (primary N) is 1. The minimum Gasteiger partial charge on any atom is -0.398 e. The van der Waals surface area contributed by atoms with Gasteiger partial charge in [0.2, 0.25) is 0 Å². The van der Waals surface area contributed by atoms with Gasteiger partial charge in [-0.3, -0.25) is 0 Å². The summed E-state index contributed by atoms with van der Waals surface area (Å²) in [5.74, 6) is 0.773. The van der Waals surface area contributed by atoms with Gasteiger partial charge in [0.1, 0.15) is 5.82 Å². The third kappa shape index (κ3) is 2.74. The SMILES string of the molecule is Cc1cc2nc(-c3ccc(C)c(N)c3)n(CC(C)C#N)c2cc1C. The molecule has 122 valence electrons. The Bertz CT molecular complexity index is 960. The summed E-state index contributed by atoms with van der Waals surface area (Å²) in [6.45, 7) is 8.73. The quantitative estimate of drug-likeness (QED) is 0.729. The van der Waals surface area contributed by atoms with Crippen molar-refractivity contribution in [1.82, 2.24) is 9.55 Å². The first-order valence-corrected chi connectivity index (χ1v) is 8.14. The van der Waals surface area contributed by atoms with Crippen molar-refractivity contribution < 1.29 is 0 Å². The van der Waals surface area contributed by atoms with Crippen LogP contribution in [-0.2, 0) is 6.54 Å². The highest BCUT2D eigenvalue weighted by molar-refractivity contribution is 5.82. The van der Waals surface area contributed by atoms with E-state index in [-0.39, 0.29) is 5.92 Å². The largest absolute Gasteiger partial charge is 0.398 e. The molecule has 0 spiro atoms. The Morgan fingerprint density at radius 3 is 2.50 bits per heavy atom. The first-order chi connectivity index (χ1) is 11.4. The van der Waals surface area contributed by atoms with Gasteiger partial charge < -0.3 is 10.3 Å². The predicted octanol–water partition coefficient (Wildman–Crippen LogP) is 4.37. The Hall–Kier alpha value is -2.80. The molecule has 0 saturated carbocycles. The summed E-state index contributed by atoms with van der Waals surface area (Å²) < 4.78 is 2.14. The number of aryl methyl sites for hydroxylation is 3. The summed E-state index contributed by atoms with van der Waals surface area (Å²) in [7, 11) is 0. The van der Waals surface area contributed by atoms with Crippen molar-refractivity contribution in [3.63, 3.8) is 0 Å². The summed E-state index contributed by atoms with van der Waals surface area (Å²) in [6.07, 6.45) is 0. The second-order valence-electron chi connectivity index (χ2n) is 6.57. The Kier molecular flexibility index (Phi) is 4.02. The average molecular weight is 318 g/mol. The lowest BCUT2D eigenvalue weighted by Crippen LogP contribution is -2.07. The third-order valence-electron chi connectivity index (χ3n) is 4.58. The van der Waals surface area contributed by atoms with Gasteiger partial charge in [-0.05, 0) is 62.6 Å². The minimum atomic E-state index is -0.0921. The van der Waals surface area contributed by atoms with Crippen LogP contribution in [0.4, 0.5) is 5.69 Å². The number of fused-ring (bicyclic) bond motifs is 1. The van der Waals surface area contributed by atoms with E-state index in [1.54, 1.807) is 0 Å². The van der Waals surface area contributed by atoms with E-state index in [1.807, 2.05) is 32.0 Å². The molecule has 0 fully saturated rings. The lowest BCUT2D eigenvalue weighted by molar-refractivity contribution is 0.597. The van der Waals surface area contributed by atoms with E-state index >= 15 is 0 Å². The van der Waals surface area contributed by atoms with Crippen LogP contribution >= 0.6 is 0 Å². The molecule has 0 aliphatic rings. The van der Waals surface area contributed by atoms with Crippen molar-refractivity contribution in [3.05, 3.63) is 47.0 Å². The van der Waals surface area contributed by atoms with Crippen LogP contribution in [-0.4, -0.2) is 9.55 Å². The second-order valence-corrected chi connectivity index (χ2v) is 6.57. The normalized spacial score (nSPS) is 12.3. The van der Waals surface area contributed by atoms with Gasteiger partial charge in [-0.25, -0.2) is 4.98 Å². The van der Waals surface area contributed by atoms with Crippen LogP contribution in [0.5, 0.6) is 0 Å². The van der Waals surface area contributed by atoms with E-state index in [0.717, 1.165) is 33.7 Å². The van der Waals surface area contributed by atoms with Crippen molar-refractivity contribution in [2.45, 2.75) is 34.2 Å². The molecule has 24 heavy (non-hydrogen) atoms. The molecule has 0 aliphatic heterocycles. The molecule has 1 heterocycles. The highest BCUT2D eigenvalue weighted by Gasteiger charge is 2.16. The third-order valence-corrected chi connectivity index (χ3v) is 4.58. The molecule has 2 N–H and O–H groups in total. The van der Waals surface area contributed by atoms with Crippen LogP contribution in [0, 0.1) is 38.0 Å².